The molecule has 0 saturated carbocycles. The predicted octanol–water partition coefficient (Wildman–Crippen LogP) is 2.60. The Labute approximate surface area is 133 Å². The number of rotatable bonds is 4. The van der Waals surface area contributed by atoms with E-state index in [1.54, 1.807) is 0 Å². The first-order valence-corrected chi connectivity index (χ1v) is 8.55. The van der Waals surface area contributed by atoms with Crippen molar-refractivity contribution in [1.29, 1.82) is 0 Å². The average Bonchev–Trinajstić information content (AvgIpc) is 2.56. The van der Waals surface area contributed by atoms with E-state index >= 15 is 0 Å². The molecule has 0 aromatic heterocycles. The van der Waals surface area contributed by atoms with Gasteiger partial charge in [0.2, 0.25) is 0 Å². The molecule has 22 heavy (non-hydrogen) atoms. The number of benzene rings is 1. The fourth-order valence-electron chi connectivity index (χ4n) is 3.45. The molecule has 0 aliphatic carbocycles. The summed E-state index contributed by atoms with van der Waals surface area (Å²) < 4.78 is 11.7. The smallest absolute Gasteiger partial charge is 0.124 e. The number of hydrogen-bond donors (Lipinski definition) is 1. The number of piperazine rings is 1. The van der Waals surface area contributed by atoms with E-state index in [-0.39, 0.29) is 6.10 Å². The number of nitrogens with zero attached hydrogens (tertiary/aromatic N) is 1. The third kappa shape index (κ3) is 3.80. The van der Waals surface area contributed by atoms with Gasteiger partial charge >= 0.3 is 0 Å². The third-order valence-corrected chi connectivity index (χ3v) is 4.52. The molecular weight excluding hydrogens is 276 g/mol. The predicted molar refractivity (Wildman–Crippen MR) is 88.4 cm³/mol. The van der Waals surface area contributed by atoms with E-state index in [9.17, 15) is 0 Å². The van der Waals surface area contributed by atoms with E-state index in [4.69, 9.17) is 9.47 Å². The standard InChI is InChI=1S/C18H28N2O2/c1-14(2)22-18-8-4-3-7-16(18)17-12-20(10-9-19-17)15-6-5-11-21-13-15/h3-4,7-8,14-15,17,19H,5-6,9-13H2,1-2H3/t15-,17+/m1/s1. The van der Waals surface area contributed by atoms with Gasteiger partial charge in [0, 0.05) is 43.9 Å². The highest BCUT2D eigenvalue weighted by molar-refractivity contribution is 5.36. The first kappa shape index (κ1) is 15.8. The van der Waals surface area contributed by atoms with Gasteiger partial charge < -0.3 is 14.8 Å². The molecule has 2 fully saturated rings. The molecule has 2 aliphatic rings. The Balaban J connectivity index is 1.71. The molecule has 1 aromatic carbocycles. The summed E-state index contributed by atoms with van der Waals surface area (Å²) in [5, 5.41) is 3.66. The molecule has 0 spiro atoms. The zero-order valence-electron chi connectivity index (χ0n) is 13.8. The monoisotopic (exact) mass is 304 g/mol. The molecule has 0 radical (unpaired) electrons. The molecule has 2 saturated heterocycles. The largest absolute Gasteiger partial charge is 0.491 e. The topological polar surface area (TPSA) is 33.7 Å². The van der Waals surface area contributed by atoms with Crippen LogP contribution in [-0.2, 0) is 4.74 Å². The highest BCUT2D eigenvalue weighted by Crippen LogP contribution is 2.29. The van der Waals surface area contributed by atoms with Crippen molar-refractivity contribution in [2.24, 2.45) is 0 Å². The maximum Gasteiger partial charge on any atom is 0.124 e. The number of nitrogens with one attached hydrogen (secondary N) is 1. The van der Waals surface area contributed by atoms with Crippen molar-refractivity contribution in [3.63, 3.8) is 0 Å². The molecule has 4 nitrogen and oxygen atoms in total. The normalized spacial score (nSPS) is 27.0. The third-order valence-electron chi connectivity index (χ3n) is 4.52. The maximum absolute atomic E-state index is 6.00. The highest BCUT2D eigenvalue weighted by atomic mass is 16.5. The Morgan fingerprint density at radius 1 is 1.32 bits per heavy atom. The molecular formula is C18H28N2O2. The zero-order valence-corrected chi connectivity index (χ0v) is 13.8. The summed E-state index contributed by atoms with van der Waals surface area (Å²) in [6.07, 6.45) is 2.65. The molecule has 122 valence electrons. The van der Waals surface area contributed by atoms with Gasteiger partial charge in [-0.1, -0.05) is 18.2 Å². The van der Waals surface area contributed by atoms with Gasteiger partial charge in [0.1, 0.15) is 5.75 Å². The summed E-state index contributed by atoms with van der Waals surface area (Å²) >= 11 is 0. The molecule has 2 heterocycles. The zero-order chi connectivity index (χ0) is 15.4. The van der Waals surface area contributed by atoms with E-state index in [1.807, 2.05) is 0 Å². The second-order valence-corrected chi connectivity index (χ2v) is 6.58. The molecule has 0 amide bonds. The van der Waals surface area contributed by atoms with Crippen LogP contribution in [0.25, 0.3) is 0 Å². The summed E-state index contributed by atoms with van der Waals surface area (Å²) in [6.45, 7) is 9.14. The van der Waals surface area contributed by atoms with Gasteiger partial charge in [-0.3, -0.25) is 4.90 Å². The van der Waals surface area contributed by atoms with Crippen molar-refractivity contribution < 1.29 is 9.47 Å². The minimum Gasteiger partial charge on any atom is -0.491 e. The van der Waals surface area contributed by atoms with Crippen LogP contribution in [-0.4, -0.2) is 49.9 Å². The fourth-order valence-corrected chi connectivity index (χ4v) is 3.45. The van der Waals surface area contributed by atoms with Gasteiger partial charge in [0.05, 0.1) is 12.7 Å². The van der Waals surface area contributed by atoms with Crippen LogP contribution in [0.5, 0.6) is 5.75 Å². The molecule has 1 N–H and O–H groups in total. The Bertz CT molecular complexity index is 472. The van der Waals surface area contributed by atoms with Crippen LogP contribution < -0.4 is 10.1 Å². The highest BCUT2D eigenvalue weighted by Gasteiger charge is 2.29. The van der Waals surface area contributed by atoms with Crippen LogP contribution in [0.4, 0.5) is 0 Å². The lowest BCUT2D eigenvalue weighted by molar-refractivity contribution is 0.00695. The molecule has 4 heteroatoms. The molecule has 2 atom stereocenters. The number of hydrogen-bond acceptors (Lipinski definition) is 4. The van der Waals surface area contributed by atoms with Crippen LogP contribution in [0.15, 0.2) is 24.3 Å². The van der Waals surface area contributed by atoms with Crippen molar-refractivity contribution >= 4 is 0 Å². The first-order valence-electron chi connectivity index (χ1n) is 8.55. The van der Waals surface area contributed by atoms with Crippen LogP contribution >= 0.6 is 0 Å². The van der Waals surface area contributed by atoms with E-state index in [0.29, 0.717) is 12.1 Å². The van der Waals surface area contributed by atoms with E-state index in [2.05, 4.69) is 48.3 Å². The summed E-state index contributed by atoms with van der Waals surface area (Å²) in [6, 6.07) is 9.35. The Morgan fingerprint density at radius 2 is 2.18 bits per heavy atom. The van der Waals surface area contributed by atoms with E-state index < -0.39 is 0 Å². The van der Waals surface area contributed by atoms with Gasteiger partial charge in [0.25, 0.3) is 0 Å². The first-order chi connectivity index (χ1) is 10.7. The van der Waals surface area contributed by atoms with Crippen LogP contribution in [0, 0.1) is 0 Å². The maximum atomic E-state index is 6.00. The van der Waals surface area contributed by atoms with Crippen molar-refractivity contribution in [1.82, 2.24) is 10.2 Å². The summed E-state index contributed by atoms with van der Waals surface area (Å²) in [7, 11) is 0. The van der Waals surface area contributed by atoms with Gasteiger partial charge in [-0.05, 0) is 32.8 Å². The second-order valence-electron chi connectivity index (χ2n) is 6.58. The minimum atomic E-state index is 0.201. The summed E-state index contributed by atoms with van der Waals surface area (Å²) in [4.78, 5) is 2.59. The average molecular weight is 304 g/mol. The molecule has 2 aliphatic heterocycles. The molecule has 1 aromatic rings. The van der Waals surface area contributed by atoms with Crippen LogP contribution in [0.3, 0.4) is 0 Å². The van der Waals surface area contributed by atoms with Crippen molar-refractivity contribution in [3.8, 4) is 5.75 Å². The molecule has 3 rings (SSSR count). The van der Waals surface area contributed by atoms with Gasteiger partial charge in [0.15, 0.2) is 0 Å². The summed E-state index contributed by atoms with van der Waals surface area (Å²) in [5.74, 6) is 1.01. The fraction of sp³-hybridized carbons (Fsp3) is 0.667. The number of para-hydroxylation sites is 1. The Hall–Kier alpha value is -1.10. The minimum absolute atomic E-state index is 0.201. The molecule has 0 unspecified atom stereocenters. The van der Waals surface area contributed by atoms with Crippen LogP contribution in [0.1, 0.15) is 38.3 Å². The van der Waals surface area contributed by atoms with Crippen molar-refractivity contribution in [2.75, 3.05) is 32.8 Å². The van der Waals surface area contributed by atoms with Crippen LogP contribution in [0.2, 0.25) is 0 Å². The SMILES string of the molecule is CC(C)Oc1ccccc1[C@@H]1CN([C@@H]2CCCOC2)CCN1. The summed E-state index contributed by atoms with van der Waals surface area (Å²) in [5.41, 5.74) is 1.28. The van der Waals surface area contributed by atoms with Gasteiger partial charge in [-0.2, -0.15) is 0 Å². The Morgan fingerprint density at radius 3 is 2.95 bits per heavy atom. The number of ether oxygens (including phenoxy) is 2. The van der Waals surface area contributed by atoms with Crippen molar-refractivity contribution in [3.05, 3.63) is 29.8 Å². The van der Waals surface area contributed by atoms with E-state index in [0.717, 1.165) is 38.6 Å². The van der Waals surface area contributed by atoms with Gasteiger partial charge in [-0.15, -0.1) is 0 Å². The lowest BCUT2D eigenvalue weighted by Crippen LogP contribution is -2.52. The van der Waals surface area contributed by atoms with E-state index in [1.165, 1.54) is 18.4 Å². The lowest BCUT2D eigenvalue weighted by Gasteiger charge is -2.40. The lowest BCUT2D eigenvalue weighted by atomic mass is 10.0. The quantitative estimate of drug-likeness (QED) is 0.927. The van der Waals surface area contributed by atoms with Gasteiger partial charge in [-0.25, -0.2) is 0 Å². The molecule has 0 bridgehead atoms. The Kier molecular flexibility index (Phi) is 5.34. The van der Waals surface area contributed by atoms with Crippen molar-refractivity contribution in [2.45, 2.75) is 44.9 Å². The second kappa shape index (κ2) is 7.44.